The minimum atomic E-state index is -4.90. The van der Waals surface area contributed by atoms with E-state index in [1.165, 1.54) is 0 Å². The number of hydrogen-bond acceptors (Lipinski definition) is 9. The van der Waals surface area contributed by atoms with E-state index in [-0.39, 0.29) is 24.9 Å². The molecule has 0 aliphatic carbocycles. The summed E-state index contributed by atoms with van der Waals surface area (Å²) in [5, 5.41) is 0. The van der Waals surface area contributed by atoms with Crippen LogP contribution in [0.1, 0.15) is 59.9 Å². The maximum atomic E-state index is 13.7. The van der Waals surface area contributed by atoms with Gasteiger partial charge in [-0.3, -0.25) is 23.0 Å². The summed E-state index contributed by atoms with van der Waals surface area (Å²) in [6.45, 7) is 9.45. The molecule has 2 atom stereocenters. The SMILES string of the molecule is CC(C)(C)COCOP(=O)(OCOC(=O)C(C)(C)C)C(CCCc1cccc(Oc2ccccc2)c1)S(=O)(=O)O. The molecule has 0 bridgehead atoms. The molecule has 0 aromatic heterocycles. The average molecular weight is 601 g/mol. The number of benzene rings is 2. The molecule has 2 unspecified atom stereocenters. The Kier molecular flexibility index (Phi) is 12.4. The molecular weight excluding hydrogens is 559 g/mol. The minimum Gasteiger partial charge on any atom is -0.457 e. The maximum absolute atomic E-state index is 13.7. The van der Waals surface area contributed by atoms with Gasteiger partial charge in [-0.1, -0.05) is 51.1 Å². The minimum absolute atomic E-state index is 0.209. The van der Waals surface area contributed by atoms with Crippen molar-refractivity contribution in [3.63, 3.8) is 0 Å². The summed E-state index contributed by atoms with van der Waals surface area (Å²) in [7, 11) is -9.49. The predicted molar refractivity (Wildman–Crippen MR) is 152 cm³/mol. The van der Waals surface area contributed by atoms with Crippen molar-refractivity contribution in [3.05, 3.63) is 60.2 Å². The van der Waals surface area contributed by atoms with Crippen LogP contribution in [0.2, 0.25) is 0 Å². The first-order chi connectivity index (χ1) is 18.5. The van der Waals surface area contributed by atoms with Gasteiger partial charge in [0.25, 0.3) is 10.1 Å². The van der Waals surface area contributed by atoms with E-state index in [0.29, 0.717) is 17.9 Å². The summed E-state index contributed by atoms with van der Waals surface area (Å²) in [5.41, 5.74) is -0.269. The third-order valence-electron chi connectivity index (χ3n) is 5.38. The van der Waals surface area contributed by atoms with Crippen molar-refractivity contribution in [2.24, 2.45) is 10.8 Å². The molecule has 2 rings (SSSR count). The van der Waals surface area contributed by atoms with Crippen molar-refractivity contribution in [3.8, 4) is 11.5 Å². The van der Waals surface area contributed by atoms with Crippen molar-refractivity contribution < 1.29 is 45.6 Å². The zero-order valence-electron chi connectivity index (χ0n) is 24.0. The highest BCUT2D eigenvalue weighted by atomic mass is 32.2. The van der Waals surface area contributed by atoms with Gasteiger partial charge >= 0.3 is 13.6 Å². The Labute approximate surface area is 237 Å². The number of carbonyl (C=O) groups is 1. The van der Waals surface area contributed by atoms with Crippen LogP contribution in [0.25, 0.3) is 0 Å². The van der Waals surface area contributed by atoms with Crippen LogP contribution in [-0.2, 0) is 44.4 Å². The zero-order chi connectivity index (χ0) is 30.0. The van der Waals surface area contributed by atoms with E-state index < -0.39 is 47.7 Å². The first-order valence-electron chi connectivity index (χ1n) is 12.9. The van der Waals surface area contributed by atoms with E-state index in [9.17, 15) is 22.3 Å². The fourth-order valence-electron chi connectivity index (χ4n) is 3.37. The standard InChI is InChI=1S/C28H41O10PS/c1-27(2,3)19-34-20-36-39(30,37-21-35-26(29)28(4,5)6)25(40(31,32)33)17-11-13-22-12-10-16-24(18-22)38-23-14-8-7-9-15-23/h7-10,12,14-16,18,25H,11,13,17,19-21H2,1-6H3,(H,31,32,33). The Hall–Kier alpha value is -2.27. The highest BCUT2D eigenvalue weighted by Gasteiger charge is 2.45. The smallest absolute Gasteiger partial charge is 0.356 e. The fraction of sp³-hybridized carbons (Fsp3) is 0.536. The molecule has 2 aromatic rings. The summed E-state index contributed by atoms with van der Waals surface area (Å²) in [5.74, 6) is 0.621. The van der Waals surface area contributed by atoms with Gasteiger partial charge in [0.15, 0.2) is 11.8 Å². The van der Waals surface area contributed by atoms with Gasteiger partial charge in [0.1, 0.15) is 11.5 Å². The number of esters is 1. The second-order valence-corrected chi connectivity index (χ2v) is 15.7. The Morgan fingerprint density at radius 3 is 2.15 bits per heavy atom. The summed E-state index contributed by atoms with van der Waals surface area (Å²) in [6.07, 6.45) is 0.338. The van der Waals surface area contributed by atoms with E-state index in [4.69, 9.17) is 23.3 Å². The van der Waals surface area contributed by atoms with Crippen molar-refractivity contribution in [1.29, 1.82) is 0 Å². The number of carbonyl (C=O) groups excluding carboxylic acids is 1. The Bertz CT molecular complexity index is 1230. The molecule has 0 heterocycles. The van der Waals surface area contributed by atoms with Gasteiger partial charge in [0, 0.05) is 0 Å². The van der Waals surface area contributed by atoms with Crippen LogP contribution < -0.4 is 4.74 Å². The third kappa shape index (κ3) is 12.1. The number of rotatable bonds is 15. The van der Waals surface area contributed by atoms with Crippen molar-refractivity contribution in [1.82, 2.24) is 0 Å². The maximum Gasteiger partial charge on any atom is 0.356 e. The first-order valence-corrected chi connectivity index (χ1v) is 16.0. The van der Waals surface area contributed by atoms with Gasteiger partial charge < -0.3 is 14.2 Å². The molecule has 0 fully saturated rings. The molecule has 0 saturated heterocycles. The van der Waals surface area contributed by atoms with Crippen molar-refractivity contribution in [2.45, 2.75) is 65.8 Å². The molecule has 12 heteroatoms. The second-order valence-electron chi connectivity index (χ2n) is 11.5. The summed E-state index contributed by atoms with van der Waals surface area (Å²) in [4.78, 5) is 10.2. The third-order valence-corrected chi connectivity index (χ3v) is 9.77. The average Bonchev–Trinajstić information content (AvgIpc) is 2.83. The molecule has 0 amide bonds. The molecule has 0 aliphatic rings. The quantitative estimate of drug-likeness (QED) is 0.0764. The van der Waals surface area contributed by atoms with Gasteiger partial charge in [-0.2, -0.15) is 8.42 Å². The van der Waals surface area contributed by atoms with Crippen LogP contribution in [-0.4, -0.2) is 44.1 Å². The lowest BCUT2D eigenvalue weighted by Crippen LogP contribution is -2.27. The zero-order valence-corrected chi connectivity index (χ0v) is 25.7. The lowest BCUT2D eigenvalue weighted by molar-refractivity contribution is -0.160. The fourth-order valence-corrected chi connectivity index (χ4v) is 6.83. The number of para-hydroxylation sites is 1. The van der Waals surface area contributed by atoms with E-state index >= 15 is 0 Å². The Morgan fingerprint density at radius 1 is 0.925 bits per heavy atom. The van der Waals surface area contributed by atoms with Crippen LogP contribution in [0.4, 0.5) is 0 Å². The molecule has 1 N–H and O–H groups in total. The van der Waals surface area contributed by atoms with Crippen LogP contribution in [0.15, 0.2) is 54.6 Å². The molecular formula is C28H41O10PS. The van der Waals surface area contributed by atoms with Gasteiger partial charge in [0.2, 0.25) is 6.79 Å². The van der Waals surface area contributed by atoms with Crippen molar-refractivity contribution in [2.75, 3.05) is 20.2 Å². The topological polar surface area (TPSA) is 135 Å². The molecule has 0 saturated carbocycles. The largest absolute Gasteiger partial charge is 0.457 e. The van der Waals surface area contributed by atoms with Crippen LogP contribution in [0, 0.1) is 10.8 Å². The second kappa shape index (κ2) is 14.6. The first kappa shape index (κ1) is 33.9. The van der Waals surface area contributed by atoms with Gasteiger partial charge in [-0.05, 0) is 75.3 Å². The molecule has 2 aromatic carbocycles. The van der Waals surface area contributed by atoms with E-state index in [1.54, 1.807) is 32.9 Å². The van der Waals surface area contributed by atoms with Gasteiger partial charge in [-0.25, -0.2) is 0 Å². The Morgan fingerprint density at radius 2 is 1.55 bits per heavy atom. The molecule has 0 aliphatic heterocycles. The summed E-state index contributed by atoms with van der Waals surface area (Å²) in [6, 6.07) is 16.5. The van der Waals surface area contributed by atoms with Gasteiger partial charge in [0.05, 0.1) is 12.0 Å². The molecule has 0 spiro atoms. The van der Waals surface area contributed by atoms with Crippen LogP contribution >= 0.6 is 7.60 Å². The number of hydrogen-bond donors (Lipinski definition) is 1. The van der Waals surface area contributed by atoms with E-state index in [2.05, 4.69) is 0 Å². The van der Waals surface area contributed by atoms with Crippen molar-refractivity contribution >= 4 is 23.7 Å². The molecule has 10 nitrogen and oxygen atoms in total. The van der Waals surface area contributed by atoms with E-state index in [1.807, 2.05) is 63.2 Å². The molecule has 40 heavy (non-hydrogen) atoms. The van der Waals surface area contributed by atoms with Crippen LogP contribution in [0.5, 0.6) is 11.5 Å². The summed E-state index contributed by atoms with van der Waals surface area (Å²) >= 11 is 0. The molecule has 224 valence electrons. The van der Waals surface area contributed by atoms with E-state index in [0.717, 1.165) is 5.56 Å². The predicted octanol–water partition coefficient (Wildman–Crippen LogP) is 6.81. The number of aryl methyl sites for hydroxylation is 1. The van der Waals surface area contributed by atoms with Gasteiger partial charge in [-0.15, -0.1) is 0 Å². The normalized spacial score (nSPS) is 14.8. The highest BCUT2D eigenvalue weighted by molar-refractivity contribution is 7.94. The highest BCUT2D eigenvalue weighted by Crippen LogP contribution is 2.56. The lowest BCUT2D eigenvalue weighted by atomic mass is 9.98. The lowest BCUT2D eigenvalue weighted by Gasteiger charge is -2.26. The van der Waals surface area contributed by atoms with Crippen LogP contribution in [0.3, 0.4) is 0 Å². The summed E-state index contributed by atoms with van der Waals surface area (Å²) < 4.78 is 75.4. The molecule has 0 radical (unpaired) electrons. The number of ether oxygens (including phenoxy) is 3. The monoisotopic (exact) mass is 600 g/mol. The Balaban J connectivity index is 2.14.